The normalized spacial score (nSPS) is 23.3. The molecule has 142 valence electrons. The third-order valence-electron chi connectivity index (χ3n) is 5.19. The highest BCUT2D eigenvalue weighted by Gasteiger charge is 2.39. The molecule has 2 saturated heterocycles. The zero-order chi connectivity index (χ0) is 18.8. The molecule has 1 aromatic rings. The van der Waals surface area contributed by atoms with Gasteiger partial charge in [0.25, 0.3) is 0 Å². The quantitative estimate of drug-likeness (QED) is 0.805. The first-order valence-corrected chi connectivity index (χ1v) is 9.33. The van der Waals surface area contributed by atoms with Crippen LogP contribution < -0.4 is 14.4 Å². The molecule has 0 spiro atoms. The van der Waals surface area contributed by atoms with Crippen LogP contribution in [0.1, 0.15) is 26.2 Å². The van der Waals surface area contributed by atoms with E-state index in [9.17, 15) is 9.59 Å². The minimum absolute atomic E-state index is 0.0750. The maximum atomic E-state index is 12.9. The van der Waals surface area contributed by atoms with Gasteiger partial charge in [-0.25, -0.2) is 0 Å². The van der Waals surface area contributed by atoms with E-state index in [4.69, 9.17) is 21.1 Å². The molecule has 6 nitrogen and oxygen atoms in total. The van der Waals surface area contributed by atoms with Crippen molar-refractivity contribution in [2.75, 3.05) is 38.8 Å². The van der Waals surface area contributed by atoms with Gasteiger partial charge in [-0.1, -0.05) is 18.5 Å². The van der Waals surface area contributed by atoms with E-state index >= 15 is 0 Å². The summed E-state index contributed by atoms with van der Waals surface area (Å²) in [6.07, 6.45) is 2.40. The summed E-state index contributed by atoms with van der Waals surface area (Å²) in [4.78, 5) is 29.0. The molecule has 0 unspecified atom stereocenters. The Hall–Kier alpha value is -1.95. The Bertz CT molecular complexity index is 709. The first-order chi connectivity index (χ1) is 12.4. The lowest BCUT2D eigenvalue weighted by Crippen LogP contribution is -2.43. The summed E-state index contributed by atoms with van der Waals surface area (Å²) in [7, 11) is 3.06. The molecule has 26 heavy (non-hydrogen) atoms. The Balaban J connectivity index is 1.80. The van der Waals surface area contributed by atoms with E-state index in [2.05, 4.69) is 6.92 Å². The van der Waals surface area contributed by atoms with Gasteiger partial charge < -0.3 is 19.3 Å². The first kappa shape index (κ1) is 18.8. The van der Waals surface area contributed by atoms with Crippen LogP contribution in [-0.4, -0.2) is 50.6 Å². The van der Waals surface area contributed by atoms with Crippen LogP contribution in [0.5, 0.6) is 11.5 Å². The number of benzene rings is 1. The molecule has 1 aromatic carbocycles. The van der Waals surface area contributed by atoms with Crippen molar-refractivity contribution >= 4 is 29.1 Å². The molecule has 3 rings (SSSR count). The zero-order valence-corrected chi connectivity index (χ0v) is 16.2. The van der Waals surface area contributed by atoms with Crippen molar-refractivity contribution in [1.82, 2.24) is 4.90 Å². The summed E-state index contributed by atoms with van der Waals surface area (Å²) in [6.45, 7) is 4.07. The Labute approximate surface area is 159 Å². The van der Waals surface area contributed by atoms with Gasteiger partial charge in [0.05, 0.1) is 30.8 Å². The highest BCUT2D eigenvalue weighted by atomic mass is 35.5. The van der Waals surface area contributed by atoms with Gasteiger partial charge in [0.15, 0.2) is 0 Å². The van der Waals surface area contributed by atoms with Gasteiger partial charge in [0, 0.05) is 32.1 Å². The summed E-state index contributed by atoms with van der Waals surface area (Å²) >= 11 is 6.23. The molecule has 0 radical (unpaired) electrons. The number of methoxy groups -OCH3 is 2. The van der Waals surface area contributed by atoms with Gasteiger partial charge in [-0.2, -0.15) is 0 Å². The van der Waals surface area contributed by atoms with Crippen molar-refractivity contribution in [1.29, 1.82) is 0 Å². The molecule has 2 atom stereocenters. The molecule has 2 heterocycles. The molecule has 2 fully saturated rings. The molecule has 2 aliphatic rings. The Kier molecular flexibility index (Phi) is 5.61. The Morgan fingerprint density at radius 1 is 1.19 bits per heavy atom. The van der Waals surface area contributed by atoms with Crippen LogP contribution in [0, 0.1) is 11.8 Å². The van der Waals surface area contributed by atoms with Crippen LogP contribution in [0.15, 0.2) is 12.1 Å². The number of ether oxygens (including phenoxy) is 2. The Morgan fingerprint density at radius 2 is 1.92 bits per heavy atom. The van der Waals surface area contributed by atoms with Crippen LogP contribution >= 0.6 is 11.6 Å². The fourth-order valence-corrected chi connectivity index (χ4v) is 4.04. The number of rotatable bonds is 4. The van der Waals surface area contributed by atoms with E-state index in [1.807, 2.05) is 4.90 Å². The standard InChI is InChI=1S/C19H25ClN2O4/c1-12-5-4-6-21(10-12)19(24)13-7-18(23)22(11-13)15-8-14(20)16(25-2)9-17(15)26-3/h8-9,12-13H,4-7,10-11H2,1-3H3/t12-,13-/m1/s1. The summed E-state index contributed by atoms with van der Waals surface area (Å²) in [6, 6.07) is 3.32. The van der Waals surface area contributed by atoms with Crippen LogP contribution in [-0.2, 0) is 9.59 Å². The maximum Gasteiger partial charge on any atom is 0.228 e. The number of carbonyl (C=O) groups is 2. The number of carbonyl (C=O) groups excluding carboxylic acids is 2. The van der Waals surface area contributed by atoms with Crippen LogP contribution in [0.25, 0.3) is 0 Å². The zero-order valence-electron chi connectivity index (χ0n) is 15.5. The summed E-state index contributed by atoms with van der Waals surface area (Å²) in [5.74, 6) is 1.16. The number of nitrogens with zero attached hydrogens (tertiary/aromatic N) is 2. The van der Waals surface area contributed by atoms with E-state index in [0.29, 0.717) is 34.7 Å². The molecular weight excluding hydrogens is 356 g/mol. The molecule has 2 amide bonds. The van der Waals surface area contributed by atoms with E-state index in [1.165, 1.54) is 14.2 Å². The average molecular weight is 381 g/mol. The number of hydrogen-bond acceptors (Lipinski definition) is 4. The highest BCUT2D eigenvalue weighted by Crippen LogP contribution is 2.40. The van der Waals surface area contributed by atoms with Crippen molar-refractivity contribution in [2.45, 2.75) is 26.2 Å². The summed E-state index contributed by atoms with van der Waals surface area (Å²) < 4.78 is 10.6. The van der Waals surface area contributed by atoms with E-state index in [-0.39, 0.29) is 24.2 Å². The molecule has 0 N–H and O–H groups in total. The predicted molar refractivity (Wildman–Crippen MR) is 100.0 cm³/mol. The summed E-state index contributed by atoms with van der Waals surface area (Å²) in [5.41, 5.74) is 0.575. The second-order valence-corrected chi connectivity index (χ2v) is 7.50. The highest BCUT2D eigenvalue weighted by molar-refractivity contribution is 6.32. The molecule has 0 aliphatic carbocycles. The lowest BCUT2D eigenvalue weighted by Gasteiger charge is -2.32. The lowest BCUT2D eigenvalue weighted by molar-refractivity contribution is -0.137. The predicted octanol–water partition coefficient (Wildman–Crippen LogP) is 2.97. The maximum absolute atomic E-state index is 12.9. The van der Waals surface area contributed by atoms with Gasteiger partial charge in [-0.15, -0.1) is 0 Å². The summed E-state index contributed by atoms with van der Waals surface area (Å²) in [5, 5.41) is 0.399. The van der Waals surface area contributed by atoms with Crippen LogP contribution in [0.3, 0.4) is 0 Å². The first-order valence-electron chi connectivity index (χ1n) is 8.95. The number of halogens is 1. The number of hydrogen-bond donors (Lipinski definition) is 0. The third-order valence-corrected chi connectivity index (χ3v) is 5.48. The SMILES string of the molecule is COc1cc(OC)c(N2C[C@H](C(=O)N3CCC[C@@H](C)C3)CC2=O)cc1Cl. The molecule has 0 aromatic heterocycles. The Morgan fingerprint density at radius 3 is 2.58 bits per heavy atom. The largest absolute Gasteiger partial charge is 0.495 e. The minimum atomic E-state index is -0.321. The van der Waals surface area contributed by atoms with Gasteiger partial charge in [0.2, 0.25) is 11.8 Å². The minimum Gasteiger partial charge on any atom is -0.495 e. The lowest BCUT2D eigenvalue weighted by atomic mass is 9.98. The molecule has 7 heteroatoms. The van der Waals surface area contributed by atoms with Gasteiger partial charge in [-0.05, 0) is 24.8 Å². The van der Waals surface area contributed by atoms with Crippen LogP contribution in [0.4, 0.5) is 5.69 Å². The van der Waals surface area contributed by atoms with Crippen molar-refractivity contribution in [3.8, 4) is 11.5 Å². The monoisotopic (exact) mass is 380 g/mol. The topological polar surface area (TPSA) is 59.1 Å². The second kappa shape index (κ2) is 7.74. The number of piperidine rings is 1. The molecule has 0 saturated carbocycles. The molecule has 2 aliphatic heterocycles. The van der Waals surface area contributed by atoms with Gasteiger partial charge in [0.1, 0.15) is 11.5 Å². The fraction of sp³-hybridized carbons (Fsp3) is 0.579. The second-order valence-electron chi connectivity index (χ2n) is 7.10. The average Bonchev–Trinajstić information content (AvgIpc) is 3.02. The van der Waals surface area contributed by atoms with Gasteiger partial charge >= 0.3 is 0 Å². The van der Waals surface area contributed by atoms with Crippen LogP contribution in [0.2, 0.25) is 5.02 Å². The van der Waals surface area contributed by atoms with E-state index in [0.717, 1.165) is 25.9 Å². The van der Waals surface area contributed by atoms with E-state index in [1.54, 1.807) is 17.0 Å². The third kappa shape index (κ3) is 3.61. The van der Waals surface area contributed by atoms with Crippen molar-refractivity contribution in [3.05, 3.63) is 17.2 Å². The van der Waals surface area contributed by atoms with Gasteiger partial charge in [-0.3, -0.25) is 9.59 Å². The number of anilines is 1. The smallest absolute Gasteiger partial charge is 0.228 e. The molecular formula is C19H25ClN2O4. The number of amides is 2. The molecule has 0 bridgehead atoms. The number of likely N-dealkylation sites (tertiary alicyclic amines) is 1. The van der Waals surface area contributed by atoms with Crippen molar-refractivity contribution < 1.29 is 19.1 Å². The fourth-order valence-electron chi connectivity index (χ4n) is 3.81. The van der Waals surface area contributed by atoms with Crippen molar-refractivity contribution in [2.24, 2.45) is 11.8 Å². The van der Waals surface area contributed by atoms with Crippen molar-refractivity contribution in [3.63, 3.8) is 0 Å². The van der Waals surface area contributed by atoms with E-state index < -0.39 is 0 Å².